The molecule has 5 heteroatoms. The SMILES string of the molecule is CC1CCC(CCl)(NS(=O)(=O)C(C)C)CC1. The Bertz CT molecular complexity index is 319. The second-order valence-electron chi connectivity index (χ2n) is 5.29. The molecule has 3 nitrogen and oxygen atoms in total. The van der Waals surface area contributed by atoms with Crippen LogP contribution in [0.25, 0.3) is 0 Å². The molecule has 0 aromatic carbocycles. The zero-order chi connectivity index (χ0) is 12.4. The van der Waals surface area contributed by atoms with Crippen molar-refractivity contribution >= 4 is 21.6 Å². The summed E-state index contributed by atoms with van der Waals surface area (Å²) in [5.74, 6) is 1.05. The molecule has 0 aromatic rings. The number of rotatable bonds is 4. The van der Waals surface area contributed by atoms with Gasteiger partial charge in [0.2, 0.25) is 10.0 Å². The molecule has 0 spiro atoms. The Morgan fingerprint density at radius 1 is 1.38 bits per heavy atom. The summed E-state index contributed by atoms with van der Waals surface area (Å²) < 4.78 is 26.6. The van der Waals surface area contributed by atoms with E-state index < -0.39 is 20.8 Å². The first-order valence-corrected chi connectivity index (χ1v) is 7.98. The molecule has 1 N–H and O–H groups in total. The number of sulfonamides is 1. The maximum absolute atomic E-state index is 11.9. The van der Waals surface area contributed by atoms with Gasteiger partial charge in [-0.15, -0.1) is 11.6 Å². The Kier molecular flexibility index (Phi) is 4.66. The van der Waals surface area contributed by atoms with E-state index in [2.05, 4.69) is 11.6 Å². The van der Waals surface area contributed by atoms with Gasteiger partial charge in [-0.3, -0.25) is 0 Å². The zero-order valence-electron chi connectivity index (χ0n) is 10.3. The highest BCUT2D eigenvalue weighted by Crippen LogP contribution is 2.33. The standard InChI is InChI=1S/C11H22ClNO2S/c1-9(2)16(14,15)13-11(8-12)6-4-10(3)5-7-11/h9-10,13H,4-8H2,1-3H3. The molecule has 0 unspecified atom stereocenters. The van der Waals surface area contributed by atoms with Crippen molar-refractivity contribution in [3.8, 4) is 0 Å². The summed E-state index contributed by atoms with van der Waals surface area (Å²) in [6.45, 7) is 5.58. The van der Waals surface area contributed by atoms with Crippen LogP contribution in [0, 0.1) is 5.92 Å². The summed E-state index contributed by atoms with van der Waals surface area (Å²) in [4.78, 5) is 0. The third kappa shape index (κ3) is 3.34. The number of hydrogen-bond donors (Lipinski definition) is 1. The fourth-order valence-electron chi connectivity index (χ4n) is 2.00. The molecule has 0 amide bonds. The van der Waals surface area contributed by atoms with Gasteiger partial charge in [0.15, 0.2) is 0 Å². The quantitative estimate of drug-likeness (QED) is 0.796. The monoisotopic (exact) mass is 267 g/mol. The van der Waals surface area contributed by atoms with Crippen LogP contribution in [0.2, 0.25) is 0 Å². The molecule has 96 valence electrons. The molecule has 0 atom stereocenters. The van der Waals surface area contributed by atoms with Crippen LogP contribution in [0.1, 0.15) is 46.5 Å². The highest BCUT2D eigenvalue weighted by molar-refractivity contribution is 7.90. The zero-order valence-corrected chi connectivity index (χ0v) is 11.9. The summed E-state index contributed by atoms with van der Waals surface area (Å²) in [5.41, 5.74) is -0.406. The van der Waals surface area contributed by atoms with E-state index in [4.69, 9.17) is 11.6 Å². The van der Waals surface area contributed by atoms with Gasteiger partial charge in [-0.25, -0.2) is 13.1 Å². The third-order valence-electron chi connectivity index (χ3n) is 3.47. The van der Waals surface area contributed by atoms with Crippen LogP contribution in [-0.2, 0) is 10.0 Å². The van der Waals surface area contributed by atoms with Gasteiger partial charge >= 0.3 is 0 Å². The molecule has 0 radical (unpaired) electrons. The molecule has 1 saturated carbocycles. The van der Waals surface area contributed by atoms with Crippen molar-refractivity contribution in [2.45, 2.75) is 57.2 Å². The van der Waals surface area contributed by atoms with Gasteiger partial charge in [0, 0.05) is 11.4 Å². The molecule has 0 aromatic heterocycles. The van der Waals surface area contributed by atoms with Gasteiger partial charge in [-0.2, -0.15) is 0 Å². The Balaban J connectivity index is 2.76. The smallest absolute Gasteiger partial charge is 0.212 e. The van der Waals surface area contributed by atoms with Gasteiger partial charge in [-0.1, -0.05) is 6.92 Å². The van der Waals surface area contributed by atoms with Gasteiger partial charge in [0.1, 0.15) is 0 Å². The van der Waals surface area contributed by atoms with E-state index in [9.17, 15) is 8.42 Å². The van der Waals surface area contributed by atoms with E-state index in [0.29, 0.717) is 11.8 Å². The van der Waals surface area contributed by atoms with Crippen LogP contribution in [0.4, 0.5) is 0 Å². The van der Waals surface area contributed by atoms with Crippen LogP contribution in [-0.4, -0.2) is 25.1 Å². The van der Waals surface area contributed by atoms with Crippen LogP contribution in [0.5, 0.6) is 0 Å². The summed E-state index contributed by atoms with van der Waals surface area (Å²) in [7, 11) is -3.22. The molecule has 1 aliphatic rings. The molecule has 0 aliphatic heterocycles. The summed E-state index contributed by atoms with van der Waals surface area (Å²) >= 11 is 5.97. The number of halogens is 1. The Labute approximate surface area is 104 Å². The average Bonchev–Trinajstić information content (AvgIpc) is 2.21. The topological polar surface area (TPSA) is 46.2 Å². The maximum atomic E-state index is 11.9. The predicted octanol–water partition coefficient (Wildman–Crippen LogP) is 2.50. The van der Waals surface area contributed by atoms with Gasteiger partial charge in [0.25, 0.3) is 0 Å². The van der Waals surface area contributed by atoms with Crippen molar-refractivity contribution in [3.05, 3.63) is 0 Å². The lowest BCUT2D eigenvalue weighted by molar-refractivity contribution is 0.247. The lowest BCUT2D eigenvalue weighted by Gasteiger charge is -2.38. The van der Waals surface area contributed by atoms with Crippen molar-refractivity contribution in [3.63, 3.8) is 0 Å². The first-order chi connectivity index (χ1) is 7.31. The van der Waals surface area contributed by atoms with E-state index in [1.165, 1.54) is 0 Å². The Morgan fingerprint density at radius 3 is 2.25 bits per heavy atom. The summed E-state index contributed by atoms with van der Waals surface area (Å²) in [5, 5.41) is -0.396. The largest absolute Gasteiger partial charge is 0.214 e. The minimum absolute atomic E-state index is 0.367. The van der Waals surface area contributed by atoms with Crippen LogP contribution >= 0.6 is 11.6 Å². The van der Waals surface area contributed by atoms with Crippen LogP contribution in [0.15, 0.2) is 0 Å². The minimum atomic E-state index is -3.22. The predicted molar refractivity (Wildman–Crippen MR) is 68.3 cm³/mol. The molecule has 16 heavy (non-hydrogen) atoms. The molecule has 1 aliphatic carbocycles. The average molecular weight is 268 g/mol. The van der Waals surface area contributed by atoms with Gasteiger partial charge < -0.3 is 0 Å². The molecular weight excluding hydrogens is 246 g/mol. The lowest BCUT2D eigenvalue weighted by atomic mass is 9.79. The molecule has 0 saturated heterocycles. The number of alkyl halides is 1. The highest BCUT2D eigenvalue weighted by Gasteiger charge is 2.37. The molecule has 1 fully saturated rings. The number of hydrogen-bond acceptors (Lipinski definition) is 2. The third-order valence-corrected chi connectivity index (χ3v) is 5.94. The number of nitrogens with one attached hydrogen (secondary N) is 1. The van der Waals surface area contributed by atoms with E-state index in [0.717, 1.165) is 25.7 Å². The minimum Gasteiger partial charge on any atom is -0.212 e. The maximum Gasteiger partial charge on any atom is 0.214 e. The second kappa shape index (κ2) is 5.23. The fourth-order valence-corrected chi connectivity index (χ4v) is 3.53. The molecule has 1 rings (SSSR count). The molecule has 0 heterocycles. The van der Waals surface area contributed by atoms with E-state index >= 15 is 0 Å². The van der Waals surface area contributed by atoms with E-state index in [-0.39, 0.29) is 0 Å². The molecular formula is C11H22ClNO2S. The van der Waals surface area contributed by atoms with Crippen molar-refractivity contribution < 1.29 is 8.42 Å². The van der Waals surface area contributed by atoms with Crippen molar-refractivity contribution in [2.75, 3.05) is 5.88 Å². The first kappa shape index (κ1) is 14.3. The first-order valence-electron chi connectivity index (χ1n) is 5.90. The van der Waals surface area contributed by atoms with E-state index in [1.807, 2.05) is 0 Å². The summed E-state index contributed by atoms with van der Waals surface area (Å²) in [6.07, 6.45) is 3.80. The van der Waals surface area contributed by atoms with Gasteiger partial charge in [0.05, 0.1) is 5.25 Å². The van der Waals surface area contributed by atoms with E-state index in [1.54, 1.807) is 13.8 Å². The second-order valence-corrected chi connectivity index (χ2v) is 7.80. The Morgan fingerprint density at radius 2 is 1.88 bits per heavy atom. The lowest BCUT2D eigenvalue weighted by Crippen LogP contribution is -2.53. The van der Waals surface area contributed by atoms with Crippen LogP contribution in [0.3, 0.4) is 0 Å². The Hall–Kier alpha value is 0.200. The van der Waals surface area contributed by atoms with Crippen LogP contribution < -0.4 is 4.72 Å². The normalized spacial score (nSPS) is 31.9. The fraction of sp³-hybridized carbons (Fsp3) is 1.00. The van der Waals surface area contributed by atoms with Crippen molar-refractivity contribution in [1.29, 1.82) is 0 Å². The van der Waals surface area contributed by atoms with Crippen molar-refractivity contribution in [1.82, 2.24) is 4.72 Å². The summed E-state index contributed by atoms with van der Waals surface area (Å²) in [6, 6.07) is 0. The van der Waals surface area contributed by atoms with Crippen molar-refractivity contribution in [2.24, 2.45) is 5.92 Å². The van der Waals surface area contributed by atoms with Gasteiger partial charge in [-0.05, 0) is 45.4 Å². The molecule has 0 bridgehead atoms. The highest BCUT2D eigenvalue weighted by atomic mass is 35.5.